The summed E-state index contributed by atoms with van der Waals surface area (Å²) >= 11 is 0. The second-order valence-electron chi connectivity index (χ2n) is 1.44. The van der Waals surface area contributed by atoms with Crippen molar-refractivity contribution in [2.45, 2.75) is 13.3 Å². The van der Waals surface area contributed by atoms with Crippen LogP contribution in [0.2, 0.25) is 0 Å². The monoisotopic (exact) mass is 80.1 g/mol. The highest BCUT2D eigenvalue weighted by atomic mass is 14.7. The lowest BCUT2D eigenvalue weighted by Gasteiger charge is -1.85. The molecule has 0 aromatic rings. The summed E-state index contributed by atoms with van der Waals surface area (Å²) in [5.41, 5.74) is 1.30. The fourth-order valence-corrected chi connectivity index (χ4v) is 0.372. The molecule has 32 valence electrons. The van der Waals surface area contributed by atoms with Crippen LogP contribution in [0.1, 0.15) is 13.3 Å². The number of nitrogens with zero attached hydrogens (tertiary/aromatic N) is 1. The van der Waals surface area contributed by atoms with Gasteiger partial charge in [-0.25, -0.2) is 0 Å². The maximum Gasteiger partial charge on any atom is -0.0601 e. The SMILES string of the molecule is CC1=CN=[C-]C1. The molecule has 0 radical (unpaired) electrons. The lowest BCUT2D eigenvalue weighted by molar-refractivity contribution is 1.32. The van der Waals surface area contributed by atoms with Crippen LogP contribution in [-0.4, -0.2) is 6.21 Å². The van der Waals surface area contributed by atoms with E-state index in [9.17, 15) is 0 Å². The molecule has 0 fully saturated rings. The molecule has 0 unspecified atom stereocenters. The minimum absolute atomic E-state index is 0.931. The Morgan fingerprint density at radius 3 is 3.00 bits per heavy atom. The van der Waals surface area contributed by atoms with E-state index in [-0.39, 0.29) is 0 Å². The van der Waals surface area contributed by atoms with Crippen LogP contribution >= 0.6 is 0 Å². The third-order valence-corrected chi connectivity index (χ3v) is 0.734. The second-order valence-corrected chi connectivity index (χ2v) is 1.44. The summed E-state index contributed by atoms with van der Waals surface area (Å²) in [6, 6.07) is 0. The summed E-state index contributed by atoms with van der Waals surface area (Å²) in [4.78, 5) is 3.75. The number of hydrogen-bond donors (Lipinski definition) is 0. The van der Waals surface area contributed by atoms with Crippen molar-refractivity contribution in [1.29, 1.82) is 0 Å². The summed E-state index contributed by atoms with van der Waals surface area (Å²) in [5, 5.41) is 0. The Morgan fingerprint density at radius 1 is 2.00 bits per heavy atom. The normalized spacial score (nSPS) is 18.5. The van der Waals surface area contributed by atoms with Gasteiger partial charge < -0.3 is 4.99 Å². The van der Waals surface area contributed by atoms with E-state index in [0.717, 1.165) is 6.42 Å². The van der Waals surface area contributed by atoms with Crippen LogP contribution < -0.4 is 0 Å². The molecule has 0 bridgehead atoms. The van der Waals surface area contributed by atoms with E-state index in [4.69, 9.17) is 0 Å². The van der Waals surface area contributed by atoms with Crippen LogP contribution in [0.25, 0.3) is 0 Å². The zero-order chi connectivity index (χ0) is 4.41. The van der Waals surface area contributed by atoms with Gasteiger partial charge in [-0.15, -0.1) is 11.8 Å². The number of rotatable bonds is 0. The highest BCUT2D eigenvalue weighted by molar-refractivity contribution is 5.64. The smallest absolute Gasteiger partial charge is 0.0601 e. The van der Waals surface area contributed by atoms with Crippen molar-refractivity contribution in [3.05, 3.63) is 11.8 Å². The summed E-state index contributed by atoms with van der Waals surface area (Å²) < 4.78 is 0. The van der Waals surface area contributed by atoms with Crippen LogP contribution in [0.3, 0.4) is 0 Å². The van der Waals surface area contributed by atoms with Gasteiger partial charge in [0, 0.05) is 0 Å². The van der Waals surface area contributed by atoms with Crippen LogP contribution in [0.4, 0.5) is 0 Å². The molecule has 6 heavy (non-hydrogen) atoms. The maximum absolute atomic E-state index is 3.75. The van der Waals surface area contributed by atoms with Gasteiger partial charge in [-0.3, -0.25) is 0 Å². The lowest BCUT2D eigenvalue weighted by Crippen LogP contribution is -1.64. The van der Waals surface area contributed by atoms with Crippen LogP contribution in [0.15, 0.2) is 16.8 Å². The van der Waals surface area contributed by atoms with Gasteiger partial charge in [-0.2, -0.15) is 6.21 Å². The highest BCUT2D eigenvalue weighted by Crippen LogP contribution is 2.01. The zero-order valence-electron chi connectivity index (χ0n) is 3.73. The Balaban J connectivity index is 2.61. The van der Waals surface area contributed by atoms with Gasteiger partial charge in [0.05, 0.1) is 0 Å². The molecule has 0 N–H and O–H groups in total. The van der Waals surface area contributed by atoms with Crippen molar-refractivity contribution in [1.82, 2.24) is 0 Å². The largest absolute Gasteiger partial charge is 0.463 e. The van der Waals surface area contributed by atoms with Crippen molar-refractivity contribution in [3.63, 3.8) is 0 Å². The molecule has 1 rings (SSSR count). The average Bonchev–Trinajstić information content (AvgIpc) is 1.86. The third kappa shape index (κ3) is 0.482. The molecular weight excluding hydrogens is 74.1 g/mol. The molecule has 1 aliphatic heterocycles. The molecule has 0 atom stereocenters. The number of hydrogen-bond acceptors (Lipinski definition) is 1. The van der Waals surface area contributed by atoms with Crippen LogP contribution in [0, 0.1) is 0 Å². The Hall–Kier alpha value is -0.590. The van der Waals surface area contributed by atoms with Crippen molar-refractivity contribution in [2.24, 2.45) is 4.99 Å². The minimum atomic E-state index is 0.931. The van der Waals surface area contributed by atoms with Gasteiger partial charge in [-0.05, 0) is 0 Å². The molecular formula is C5H6N-. The summed E-state index contributed by atoms with van der Waals surface area (Å²) in [7, 11) is 0. The Labute approximate surface area is 37.4 Å². The fourth-order valence-electron chi connectivity index (χ4n) is 0.372. The quantitative estimate of drug-likeness (QED) is 0.388. The van der Waals surface area contributed by atoms with Gasteiger partial charge in [0.25, 0.3) is 0 Å². The van der Waals surface area contributed by atoms with E-state index in [1.54, 1.807) is 0 Å². The summed E-state index contributed by atoms with van der Waals surface area (Å²) in [6.45, 7) is 2.05. The Bertz CT molecular complexity index is 101. The molecule has 0 amide bonds. The summed E-state index contributed by atoms with van der Waals surface area (Å²) in [5.74, 6) is 0. The third-order valence-electron chi connectivity index (χ3n) is 0.734. The van der Waals surface area contributed by atoms with Crippen molar-refractivity contribution in [2.75, 3.05) is 0 Å². The lowest BCUT2D eigenvalue weighted by atomic mass is 10.3. The van der Waals surface area contributed by atoms with E-state index in [2.05, 4.69) is 11.2 Å². The molecule has 1 heteroatoms. The molecule has 0 aromatic heterocycles. The molecule has 0 saturated heterocycles. The van der Waals surface area contributed by atoms with Gasteiger partial charge in [0.15, 0.2) is 0 Å². The molecule has 0 aliphatic carbocycles. The average molecular weight is 80.1 g/mol. The van der Waals surface area contributed by atoms with E-state index in [0.29, 0.717) is 0 Å². The Morgan fingerprint density at radius 2 is 2.83 bits per heavy atom. The van der Waals surface area contributed by atoms with Gasteiger partial charge in [-0.1, -0.05) is 13.3 Å². The first kappa shape index (κ1) is 3.59. The number of allylic oxidation sites excluding steroid dienone is 1. The first-order chi connectivity index (χ1) is 2.89. The predicted octanol–water partition coefficient (Wildman–Crippen LogP) is 1.24. The van der Waals surface area contributed by atoms with Gasteiger partial charge >= 0.3 is 0 Å². The first-order valence-corrected chi connectivity index (χ1v) is 1.98. The van der Waals surface area contributed by atoms with Crippen molar-refractivity contribution >= 4 is 6.21 Å². The predicted molar refractivity (Wildman–Crippen MR) is 25.8 cm³/mol. The van der Waals surface area contributed by atoms with E-state index in [1.807, 2.05) is 13.1 Å². The molecule has 1 aliphatic rings. The first-order valence-electron chi connectivity index (χ1n) is 1.98. The topological polar surface area (TPSA) is 12.4 Å². The van der Waals surface area contributed by atoms with Crippen LogP contribution in [0.5, 0.6) is 0 Å². The standard InChI is InChI=1S/C5H6N/c1-5-2-3-6-4-5/h4H,2H2,1H3/q-1. The van der Waals surface area contributed by atoms with E-state index < -0.39 is 0 Å². The minimum Gasteiger partial charge on any atom is -0.463 e. The Kier molecular flexibility index (Phi) is 0.748. The van der Waals surface area contributed by atoms with Crippen molar-refractivity contribution < 1.29 is 0 Å². The zero-order valence-corrected chi connectivity index (χ0v) is 3.73. The van der Waals surface area contributed by atoms with Gasteiger partial charge in [0.1, 0.15) is 0 Å². The molecule has 1 heterocycles. The van der Waals surface area contributed by atoms with Crippen LogP contribution in [-0.2, 0) is 0 Å². The van der Waals surface area contributed by atoms with E-state index >= 15 is 0 Å². The van der Waals surface area contributed by atoms with E-state index in [1.165, 1.54) is 5.57 Å². The van der Waals surface area contributed by atoms with Gasteiger partial charge in [0.2, 0.25) is 0 Å². The molecule has 0 saturated carbocycles. The fraction of sp³-hybridized carbons (Fsp3) is 0.400. The van der Waals surface area contributed by atoms with Crippen molar-refractivity contribution in [3.8, 4) is 0 Å². The molecule has 1 nitrogen and oxygen atoms in total. The molecule has 0 spiro atoms. The second kappa shape index (κ2) is 1.25. The number of aliphatic imine (C=N–C) groups is 1. The highest BCUT2D eigenvalue weighted by Gasteiger charge is 1.75. The molecule has 0 aromatic carbocycles. The maximum atomic E-state index is 3.75. The summed E-state index contributed by atoms with van der Waals surface area (Å²) in [6.07, 6.45) is 5.57.